The largest absolute Gasteiger partial charge is 0.383 e. The van der Waals surface area contributed by atoms with Gasteiger partial charge in [-0.2, -0.15) is 10.1 Å². The second kappa shape index (κ2) is 10.4. The van der Waals surface area contributed by atoms with Crippen LogP contribution in [-0.2, 0) is 22.6 Å². The minimum Gasteiger partial charge on any atom is -0.383 e. The number of carbonyl (C=O) groups is 1. The summed E-state index contributed by atoms with van der Waals surface area (Å²) in [6.07, 6.45) is 4.59. The van der Waals surface area contributed by atoms with Gasteiger partial charge >= 0.3 is 0 Å². The number of nitrogens with one attached hydrogen (secondary N) is 3. The number of amides is 1. The second-order valence-electron chi connectivity index (χ2n) is 6.22. The van der Waals surface area contributed by atoms with E-state index in [-0.39, 0.29) is 5.91 Å². The van der Waals surface area contributed by atoms with E-state index in [1.165, 1.54) is 12.3 Å². The van der Waals surface area contributed by atoms with E-state index in [1.54, 1.807) is 11.8 Å². The van der Waals surface area contributed by atoms with Gasteiger partial charge in [0, 0.05) is 31.6 Å². The molecular formula is C20H22ClN7O2. The number of anilines is 4. The standard InChI is InChI=1S/C20H22ClN7O2/c1-3-18(29)24-15-6-4-14(5-7-15)12-22-19-16(21)13-23-20(26-19)25-17-8-9-28(27-17)10-11-30-2/h3-9,13H,1,10-12H2,2H3,(H,24,29)(H2,22,23,25,26,27). The van der Waals surface area contributed by atoms with Crippen LogP contribution < -0.4 is 16.0 Å². The molecule has 30 heavy (non-hydrogen) atoms. The van der Waals surface area contributed by atoms with E-state index in [2.05, 4.69) is 37.6 Å². The summed E-state index contributed by atoms with van der Waals surface area (Å²) in [5.41, 5.74) is 1.69. The van der Waals surface area contributed by atoms with Gasteiger partial charge in [-0.15, -0.1) is 0 Å². The number of halogens is 1. The molecule has 10 heteroatoms. The van der Waals surface area contributed by atoms with Gasteiger partial charge in [0.25, 0.3) is 0 Å². The fourth-order valence-electron chi connectivity index (χ4n) is 2.49. The lowest BCUT2D eigenvalue weighted by molar-refractivity contribution is -0.111. The lowest BCUT2D eigenvalue weighted by atomic mass is 10.2. The highest BCUT2D eigenvalue weighted by molar-refractivity contribution is 6.32. The smallest absolute Gasteiger partial charge is 0.247 e. The van der Waals surface area contributed by atoms with E-state index >= 15 is 0 Å². The first-order valence-electron chi connectivity index (χ1n) is 9.15. The van der Waals surface area contributed by atoms with Crippen LogP contribution >= 0.6 is 11.6 Å². The van der Waals surface area contributed by atoms with Gasteiger partial charge in [0.1, 0.15) is 5.02 Å². The van der Waals surface area contributed by atoms with E-state index < -0.39 is 0 Å². The molecule has 156 valence electrons. The molecule has 0 atom stereocenters. The zero-order chi connectivity index (χ0) is 21.3. The molecule has 1 amide bonds. The van der Waals surface area contributed by atoms with Crippen LogP contribution in [0.4, 0.5) is 23.3 Å². The van der Waals surface area contributed by atoms with Crippen molar-refractivity contribution in [3.63, 3.8) is 0 Å². The topological polar surface area (TPSA) is 106 Å². The molecule has 3 aromatic rings. The summed E-state index contributed by atoms with van der Waals surface area (Å²) in [4.78, 5) is 19.9. The molecule has 0 aliphatic carbocycles. The average Bonchev–Trinajstić information content (AvgIpc) is 3.20. The summed E-state index contributed by atoms with van der Waals surface area (Å²) in [6.45, 7) is 5.16. The molecule has 3 rings (SSSR count). The minimum atomic E-state index is -0.253. The molecule has 0 bridgehead atoms. The zero-order valence-corrected chi connectivity index (χ0v) is 17.2. The predicted octanol–water partition coefficient (Wildman–Crippen LogP) is 3.45. The third-order valence-electron chi connectivity index (χ3n) is 4.02. The summed E-state index contributed by atoms with van der Waals surface area (Å²) in [7, 11) is 1.65. The fraction of sp³-hybridized carbons (Fsp3) is 0.200. The van der Waals surface area contributed by atoms with Gasteiger partial charge in [-0.1, -0.05) is 30.3 Å². The van der Waals surface area contributed by atoms with Gasteiger partial charge in [-0.25, -0.2) is 4.98 Å². The first-order chi connectivity index (χ1) is 14.6. The fourth-order valence-corrected chi connectivity index (χ4v) is 2.65. The summed E-state index contributed by atoms with van der Waals surface area (Å²) in [5.74, 6) is 1.24. The number of ether oxygens (including phenoxy) is 1. The first kappa shape index (κ1) is 21.3. The molecule has 0 fully saturated rings. The van der Waals surface area contributed by atoms with Crippen LogP contribution in [-0.4, -0.2) is 39.4 Å². The molecule has 0 aliphatic rings. The van der Waals surface area contributed by atoms with Crippen molar-refractivity contribution < 1.29 is 9.53 Å². The van der Waals surface area contributed by atoms with E-state index in [0.717, 1.165) is 5.56 Å². The average molecular weight is 428 g/mol. The van der Waals surface area contributed by atoms with Crippen molar-refractivity contribution in [2.75, 3.05) is 29.7 Å². The Kier molecular flexibility index (Phi) is 7.36. The van der Waals surface area contributed by atoms with Crippen LogP contribution in [0.3, 0.4) is 0 Å². The second-order valence-corrected chi connectivity index (χ2v) is 6.62. The number of hydrogen-bond donors (Lipinski definition) is 3. The maximum absolute atomic E-state index is 11.3. The minimum absolute atomic E-state index is 0.253. The van der Waals surface area contributed by atoms with Gasteiger partial charge in [0.2, 0.25) is 11.9 Å². The number of nitrogens with zero attached hydrogens (tertiary/aromatic N) is 4. The van der Waals surface area contributed by atoms with Gasteiger partial charge in [-0.05, 0) is 23.8 Å². The highest BCUT2D eigenvalue weighted by atomic mass is 35.5. The molecule has 2 aromatic heterocycles. The zero-order valence-electron chi connectivity index (χ0n) is 16.4. The number of carbonyl (C=O) groups excluding carboxylic acids is 1. The van der Waals surface area contributed by atoms with E-state index in [1.807, 2.05) is 36.5 Å². The van der Waals surface area contributed by atoms with Crippen molar-refractivity contribution in [3.05, 3.63) is 66.0 Å². The van der Waals surface area contributed by atoms with Crippen LogP contribution in [0.25, 0.3) is 0 Å². The molecular weight excluding hydrogens is 406 g/mol. The third kappa shape index (κ3) is 6.03. The van der Waals surface area contributed by atoms with Crippen molar-refractivity contribution in [2.24, 2.45) is 0 Å². The van der Waals surface area contributed by atoms with Crippen LogP contribution in [0.15, 0.2) is 55.4 Å². The normalized spacial score (nSPS) is 10.5. The SMILES string of the molecule is C=CC(=O)Nc1ccc(CNc2nc(Nc3ccn(CCOC)n3)ncc2Cl)cc1. The van der Waals surface area contributed by atoms with Crippen molar-refractivity contribution in [1.29, 1.82) is 0 Å². The number of hydrogen-bond acceptors (Lipinski definition) is 7. The number of aromatic nitrogens is 4. The highest BCUT2D eigenvalue weighted by Crippen LogP contribution is 2.22. The van der Waals surface area contributed by atoms with Crippen molar-refractivity contribution in [2.45, 2.75) is 13.1 Å². The van der Waals surface area contributed by atoms with Gasteiger partial charge < -0.3 is 20.7 Å². The van der Waals surface area contributed by atoms with Crippen molar-refractivity contribution in [1.82, 2.24) is 19.7 Å². The van der Waals surface area contributed by atoms with Gasteiger partial charge in [0.15, 0.2) is 11.6 Å². The highest BCUT2D eigenvalue weighted by Gasteiger charge is 2.08. The Morgan fingerprint density at radius 3 is 2.83 bits per heavy atom. The molecule has 0 unspecified atom stereocenters. The van der Waals surface area contributed by atoms with Crippen LogP contribution in [0, 0.1) is 0 Å². The van der Waals surface area contributed by atoms with Crippen LogP contribution in [0.5, 0.6) is 0 Å². The molecule has 2 heterocycles. The van der Waals surface area contributed by atoms with E-state index in [9.17, 15) is 4.79 Å². The number of benzene rings is 1. The molecule has 0 spiro atoms. The van der Waals surface area contributed by atoms with Crippen LogP contribution in [0.1, 0.15) is 5.56 Å². The molecule has 9 nitrogen and oxygen atoms in total. The Balaban J connectivity index is 1.60. The molecule has 0 saturated heterocycles. The summed E-state index contributed by atoms with van der Waals surface area (Å²) in [5, 5.41) is 13.7. The Labute approximate surface area is 179 Å². The molecule has 0 saturated carbocycles. The Bertz CT molecular complexity index is 1000. The Morgan fingerprint density at radius 1 is 1.30 bits per heavy atom. The maximum atomic E-state index is 11.3. The molecule has 0 aliphatic heterocycles. The molecule has 1 aromatic carbocycles. The van der Waals surface area contributed by atoms with E-state index in [4.69, 9.17) is 16.3 Å². The van der Waals surface area contributed by atoms with Crippen LogP contribution in [0.2, 0.25) is 5.02 Å². The predicted molar refractivity (Wildman–Crippen MR) is 117 cm³/mol. The third-order valence-corrected chi connectivity index (χ3v) is 4.29. The van der Waals surface area contributed by atoms with E-state index in [0.29, 0.717) is 48.0 Å². The Morgan fingerprint density at radius 2 is 2.10 bits per heavy atom. The lowest BCUT2D eigenvalue weighted by Gasteiger charge is -2.10. The number of methoxy groups -OCH3 is 1. The van der Waals surface area contributed by atoms with Crippen molar-refractivity contribution in [3.8, 4) is 0 Å². The monoisotopic (exact) mass is 427 g/mol. The first-order valence-corrected chi connectivity index (χ1v) is 9.53. The molecule has 3 N–H and O–H groups in total. The van der Waals surface area contributed by atoms with Gasteiger partial charge in [0.05, 0.1) is 19.3 Å². The Hall–Kier alpha value is -3.43. The quantitative estimate of drug-likeness (QED) is 0.425. The van der Waals surface area contributed by atoms with Crippen molar-refractivity contribution >= 4 is 40.8 Å². The van der Waals surface area contributed by atoms with Gasteiger partial charge in [-0.3, -0.25) is 9.48 Å². The summed E-state index contributed by atoms with van der Waals surface area (Å²) < 4.78 is 6.81. The lowest BCUT2D eigenvalue weighted by Crippen LogP contribution is -2.08. The summed E-state index contributed by atoms with van der Waals surface area (Å²) >= 11 is 6.22. The molecule has 0 radical (unpaired) electrons. The number of rotatable bonds is 10. The maximum Gasteiger partial charge on any atom is 0.247 e. The summed E-state index contributed by atoms with van der Waals surface area (Å²) in [6, 6.07) is 9.24.